The number of carbonyl (C=O) groups is 2. The van der Waals surface area contributed by atoms with Crippen LogP contribution in [0.25, 0.3) is 11.3 Å². The molecule has 6 nitrogen and oxygen atoms in total. The second-order valence-corrected chi connectivity index (χ2v) is 7.46. The van der Waals surface area contributed by atoms with Crippen LogP contribution in [-0.2, 0) is 11.3 Å². The van der Waals surface area contributed by atoms with Crippen LogP contribution in [0.5, 0.6) is 5.75 Å². The van der Waals surface area contributed by atoms with Crippen molar-refractivity contribution in [1.29, 1.82) is 0 Å². The first-order chi connectivity index (χ1) is 13.8. The van der Waals surface area contributed by atoms with Gasteiger partial charge in [-0.15, -0.1) is 0 Å². The SMILES string of the molecule is CC(C)(C)OC(=O)Nc1cccc(COc2ccc(-c3ccco3)c(C=O)c2)c1. The average molecular weight is 393 g/mol. The van der Waals surface area contributed by atoms with Crippen molar-refractivity contribution in [3.63, 3.8) is 0 Å². The molecule has 0 aliphatic rings. The summed E-state index contributed by atoms with van der Waals surface area (Å²) in [6.07, 6.45) is 1.82. The summed E-state index contributed by atoms with van der Waals surface area (Å²) < 4.78 is 16.4. The van der Waals surface area contributed by atoms with Crippen molar-refractivity contribution < 1.29 is 23.5 Å². The summed E-state index contributed by atoms with van der Waals surface area (Å²) in [5.74, 6) is 1.19. The molecule has 0 atom stereocenters. The highest BCUT2D eigenvalue weighted by molar-refractivity contribution is 5.87. The first-order valence-electron chi connectivity index (χ1n) is 9.19. The Hall–Kier alpha value is -3.54. The first kappa shape index (κ1) is 20.2. The first-order valence-corrected chi connectivity index (χ1v) is 9.19. The number of nitrogens with one attached hydrogen (secondary N) is 1. The lowest BCUT2D eigenvalue weighted by Crippen LogP contribution is -2.27. The zero-order valence-electron chi connectivity index (χ0n) is 16.6. The summed E-state index contributed by atoms with van der Waals surface area (Å²) >= 11 is 0. The number of furan rings is 1. The molecule has 2 aromatic carbocycles. The lowest BCUT2D eigenvalue weighted by atomic mass is 10.1. The lowest BCUT2D eigenvalue weighted by molar-refractivity contribution is 0.0635. The number of rotatable bonds is 6. The van der Waals surface area contributed by atoms with Crippen LogP contribution in [0.1, 0.15) is 36.7 Å². The second kappa shape index (κ2) is 8.65. The third-order valence-electron chi connectivity index (χ3n) is 3.91. The maximum atomic E-state index is 11.9. The Morgan fingerprint density at radius 1 is 1.10 bits per heavy atom. The largest absolute Gasteiger partial charge is 0.489 e. The Morgan fingerprint density at radius 2 is 1.93 bits per heavy atom. The van der Waals surface area contributed by atoms with E-state index in [0.29, 0.717) is 28.3 Å². The topological polar surface area (TPSA) is 77.8 Å². The molecule has 0 saturated carbocycles. The summed E-state index contributed by atoms with van der Waals surface area (Å²) in [5, 5.41) is 2.70. The fraction of sp³-hybridized carbons (Fsp3) is 0.217. The molecular weight excluding hydrogens is 370 g/mol. The molecule has 29 heavy (non-hydrogen) atoms. The van der Waals surface area contributed by atoms with Crippen molar-refractivity contribution in [2.75, 3.05) is 5.32 Å². The minimum atomic E-state index is -0.567. The van der Waals surface area contributed by atoms with Gasteiger partial charge in [-0.05, 0) is 68.8 Å². The minimum Gasteiger partial charge on any atom is -0.489 e. The standard InChI is InChI=1S/C23H23NO5/c1-23(2,3)29-22(26)24-18-7-4-6-16(12-18)15-28-19-9-10-20(17(13-19)14-25)21-8-5-11-27-21/h4-14H,15H2,1-3H3,(H,24,26). The normalized spacial score (nSPS) is 11.0. The van der Waals surface area contributed by atoms with E-state index in [-0.39, 0.29) is 6.61 Å². The summed E-state index contributed by atoms with van der Waals surface area (Å²) in [6, 6.07) is 16.1. The summed E-state index contributed by atoms with van der Waals surface area (Å²) in [6.45, 7) is 5.70. The molecule has 3 rings (SSSR count). The molecule has 1 heterocycles. The molecule has 150 valence electrons. The van der Waals surface area contributed by atoms with Crippen LogP contribution in [0.15, 0.2) is 65.3 Å². The van der Waals surface area contributed by atoms with Crippen molar-refractivity contribution in [2.24, 2.45) is 0 Å². The molecule has 0 saturated heterocycles. The van der Waals surface area contributed by atoms with Crippen molar-refractivity contribution >= 4 is 18.1 Å². The second-order valence-electron chi connectivity index (χ2n) is 7.46. The Bertz CT molecular complexity index is 987. The highest BCUT2D eigenvalue weighted by atomic mass is 16.6. The highest BCUT2D eigenvalue weighted by Crippen LogP contribution is 2.27. The van der Waals surface area contributed by atoms with E-state index < -0.39 is 11.7 Å². The maximum Gasteiger partial charge on any atom is 0.412 e. The fourth-order valence-corrected chi connectivity index (χ4v) is 2.71. The number of benzene rings is 2. The van der Waals surface area contributed by atoms with Gasteiger partial charge in [0.15, 0.2) is 6.29 Å². The van der Waals surface area contributed by atoms with Crippen LogP contribution in [0.4, 0.5) is 10.5 Å². The summed E-state index contributed by atoms with van der Waals surface area (Å²) in [4.78, 5) is 23.4. The van der Waals surface area contributed by atoms with Crippen molar-refractivity contribution in [3.05, 3.63) is 72.0 Å². The third-order valence-corrected chi connectivity index (χ3v) is 3.91. The number of aldehydes is 1. The van der Waals surface area contributed by atoms with Crippen molar-refractivity contribution in [3.8, 4) is 17.1 Å². The lowest BCUT2D eigenvalue weighted by Gasteiger charge is -2.19. The van der Waals surface area contributed by atoms with Crippen LogP contribution in [0.2, 0.25) is 0 Å². The molecule has 1 amide bonds. The van der Waals surface area contributed by atoms with E-state index in [9.17, 15) is 9.59 Å². The Kier molecular flexibility index (Phi) is 6.02. The van der Waals surface area contributed by atoms with Gasteiger partial charge in [-0.1, -0.05) is 12.1 Å². The van der Waals surface area contributed by atoms with Crippen LogP contribution in [0, 0.1) is 0 Å². The third kappa shape index (κ3) is 5.72. The van der Waals surface area contributed by atoms with Gasteiger partial charge in [0.1, 0.15) is 23.7 Å². The van der Waals surface area contributed by atoms with Gasteiger partial charge in [-0.2, -0.15) is 0 Å². The minimum absolute atomic E-state index is 0.280. The van der Waals surface area contributed by atoms with E-state index in [4.69, 9.17) is 13.9 Å². The van der Waals surface area contributed by atoms with Crippen LogP contribution in [0.3, 0.4) is 0 Å². The molecule has 6 heteroatoms. The van der Waals surface area contributed by atoms with Crippen molar-refractivity contribution in [1.82, 2.24) is 0 Å². The predicted molar refractivity (Wildman–Crippen MR) is 110 cm³/mol. The molecule has 3 aromatic rings. The molecule has 0 spiro atoms. The van der Waals surface area contributed by atoms with Gasteiger partial charge in [0.2, 0.25) is 0 Å². The smallest absolute Gasteiger partial charge is 0.412 e. The zero-order valence-corrected chi connectivity index (χ0v) is 16.6. The number of anilines is 1. The van der Waals surface area contributed by atoms with Crippen LogP contribution >= 0.6 is 0 Å². The molecule has 0 bridgehead atoms. The zero-order chi connectivity index (χ0) is 20.9. The molecular formula is C23H23NO5. The number of carbonyl (C=O) groups excluding carboxylic acids is 2. The maximum absolute atomic E-state index is 11.9. The van der Waals surface area contributed by atoms with Gasteiger partial charge >= 0.3 is 6.09 Å². The van der Waals surface area contributed by atoms with E-state index in [1.54, 1.807) is 42.7 Å². The molecule has 1 N–H and O–H groups in total. The average Bonchev–Trinajstić information content (AvgIpc) is 3.19. The fourth-order valence-electron chi connectivity index (χ4n) is 2.71. The number of hydrogen-bond acceptors (Lipinski definition) is 5. The predicted octanol–water partition coefficient (Wildman–Crippen LogP) is 5.69. The Morgan fingerprint density at radius 3 is 2.62 bits per heavy atom. The van der Waals surface area contributed by atoms with E-state index in [0.717, 1.165) is 11.8 Å². The van der Waals surface area contributed by atoms with Gasteiger partial charge in [-0.25, -0.2) is 4.79 Å². The molecule has 0 radical (unpaired) electrons. The molecule has 0 aliphatic carbocycles. The van der Waals surface area contributed by atoms with Gasteiger partial charge in [0.05, 0.1) is 6.26 Å². The summed E-state index contributed by atoms with van der Waals surface area (Å²) in [5.41, 5.74) is 2.10. The van der Waals surface area contributed by atoms with E-state index >= 15 is 0 Å². The van der Waals surface area contributed by atoms with Gasteiger partial charge in [0.25, 0.3) is 0 Å². The summed E-state index contributed by atoms with van der Waals surface area (Å²) in [7, 11) is 0. The molecule has 1 aromatic heterocycles. The molecule has 0 aliphatic heterocycles. The molecule has 0 fully saturated rings. The van der Waals surface area contributed by atoms with E-state index in [2.05, 4.69) is 5.32 Å². The van der Waals surface area contributed by atoms with E-state index in [1.165, 1.54) is 0 Å². The van der Waals surface area contributed by atoms with Gasteiger partial charge < -0.3 is 13.9 Å². The van der Waals surface area contributed by atoms with E-state index in [1.807, 2.05) is 39.0 Å². The number of ether oxygens (including phenoxy) is 2. The van der Waals surface area contributed by atoms with Crippen molar-refractivity contribution in [2.45, 2.75) is 33.0 Å². The quantitative estimate of drug-likeness (QED) is 0.545. The van der Waals surface area contributed by atoms with Gasteiger partial charge in [0, 0.05) is 16.8 Å². The van der Waals surface area contributed by atoms with Crippen LogP contribution < -0.4 is 10.1 Å². The molecule has 0 unspecified atom stereocenters. The number of hydrogen-bond donors (Lipinski definition) is 1. The van der Waals surface area contributed by atoms with Gasteiger partial charge in [-0.3, -0.25) is 10.1 Å². The monoisotopic (exact) mass is 393 g/mol. The van der Waals surface area contributed by atoms with Crippen LogP contribution in [-0.4, -0.2) is 18.0 Å². The number of amides is 1. The highest BCUT2D eigenvalue weighted by Gasteiger charge is 2.16. The Balaban J connectivity index is 1.66. The Labute approximate surface area is 169 Å².